The standard InChI is InChI=1S/C34H32ClN3O3/c1-5-40-32-18-23(4)30(19-29(32)22(2)3)33-37-31-9-7-6-8-28(31)34(39)38(33)36-20-24-12-16-27(17-13-24)41-21-25-10-14-26(35)15-11-25/h6-20,22H,5,21H2,1-4H3. The molecule has 1 heterocycles. The van der Waals surface area contributed by atoms with E-state index < -0.39 is 0 Å². The molecule has 0 fully saturated rings. The van der Waals surface area contributed by atoms with Gasteiger partial charge in [-0.2, -0.15) is 9.78 Å². The fourth-order valence-electron chi connectivity index (χ4n) is 4.60. The fourth-order valence-corrected chi connectivity index (χ4v) is 4.72. The molecule has 0 atom stereocenters. The Hall–Kier alpha value is -4.42. The lowest BCUT2D eigenvalue weighted by Gasteiger charge is -2.18. The van der Waals surface area contributed by atoms with E-state index in [1.54, 1.807) is 12.3 Å². The number of aryl methyl sites for hydroxylation is 1. The Kier molecular flexibility index (Phi) is 8.50. The summed E-state index contributed by atoms with van der Waals surface area (Å²) in [6.45, 7) is 9.24. The number of hydrogen-bond donors (Lipinski definition) is 0. The first-order chi connectivity index (χ1) is 19.8. The Morgan fingerprint density at radius 1 is 0.976 bits per heavy atom. The van der Waals surface area contributed by atoms with E-state index in [0.29, 0.717) is 35.0 Å². The number of rotatable bonds is 9. The molecule has 7 heteroatoms. The summed E-state index contributed by atoms with van der Waals surface area (Å²) < 4.78 is 13.2. The zero-order chi connectivity index (χ0) is 28.9. The summed E-state index contributed by atoms with van der Waals surface area (Å²) in [4.78, 5) is 18.6. The van der Waals surface area contributed by atoms with Gasteiger partial charge in [-0.15, -0.1) is 0 Å². The van der Waals surface area contributed by atoms with E-state index in [1.165, 1.54) is 4.68 Å². The zero-order valence-electron chi connectivity index (χ0n) is 23.6. The number of fused-ring (bicyclic) bond motifs is 1. The van der Waals surface area contributed by atoms with Crippen molar-refractivity contribution in [2.24, 2.45) is 5.10 Å². The molecule has 0 amide bonds. The largest absolute Gasteiger partial charge is 0.494 e. The smallest absolute Gasteiger partial charge is 0.282 e. The number of benzene rings is 4. The van der Waals surface area contributed by atoms with Crippen LogP contribution in [0.5, 0.6) is 11.5 Å². The van der Waals surface area contributed by atoms with E-state index in [9.17, 15) is 4.79 Å². The van der Waals surface area contributed by atoms with Crippen molar-refractivity contribution in [2.45, 2.75) is 40.2 Å². The van der Waals surface area contributed by atoms with Crippen LogP contribution in [0.2, 0.25) is 5.02 Å². The summed E-state index contributed by atoms with van der Waals surface area (Å²) in [5, 5.41) is 5.84. The molecule has 0 aliphatic carbocycles. The number of aromatic nitrogens is 2. The fraction of sp³-hybridized carbons (Fsp3) is 0.206. The molecule has 0 bridgehead atoms. The third kappa shape index (κ3) is 6.34. The first-order valence-electron chi connectivity index (χ1n) is 13.6. The molecule has 0 spiro atoms. The van der Waals surface area contributed by atoms with Crippen LogP contribution in [-0.4, -0.2) is 22.5 Å². The summed E-state index contributed by atoms with van der Waals surface area (Å²) in [6.07, 6.45) is 1.66. The van der Waals surface area contributed by atoms with E-state index in [-0.39, 0.29) is 11.5 Å². The summed E-state index contributed by atoms with van der Waals surface area (Å²) in [6, 6.07) is 26.6. The Morgan fingerprint density at radius 2 is 1.71 bits per heavy atom. The lowest BCUT2D eigenvalue weighted by molar-refractivity contribution is 0.306. The van der Waals surface area contributed by atoms with Gasteiger partial charge in [-0.1, -0.05) is 49.7 Å². The number of nitrogens with zero attached hydrogens (tertiary/aromatic N) is 3. The van der Waals surface area contributed by atoms with Gasteiger partial charge in [0.25, 0.3) is 5.56 Å². The van der Waals surface area contributed by atoms with Crippen LogP contribution < -0.4 is 15.0 Å². The van der Waals surface area contributed by atoms with Crippen molar-refractivity contribution in [1.82, 2.24) is 9.66 Å². The van der Waals surface area contributed by atoms with Crippen molar-refractivity contribution in [3.8, 4) is 22.9 Å². The molecule has 0 saturated carbocycles. The van der Waals surface area contributed by atoms with E-state index in [1.807, 2.05) is 86.6 Å². The van der Waals surface area contributed by atoms with Gasteiger partial charge in [0.15, 0.2) is 5.82 Å². The van der Waals surface area contributed by atoms with E-state index in [4.69, 9.17) is 26.1 Å². The SMILES string of the molecule is CCOc1cc(C)c(-c2nc3ccccc3c(=O)n2N=Cc2ccc(OCc3ccc(Cl)cc3)cc2)cc1C(C)C. The number of halogens is 1. The van der Waals surface area contributed by atoms with Gasteiger partial charge in [0.1, 0.15) is 18.1 Å². The lowest BCUT2D eigenvalue weighted by Crippen LogP contribution is -2.20. The highest BCUT2D eigenvalue weighted by Gasteiger charge is 2.18. The lowest BCUT2D eigenvalue weighted by atomic mass is 9.96. The van der Waals surface area contributed by atoms with Gasteiger partial charge in [0.05, 0.1) is 23.7 Å². The first-order valence-corrected chi connectivity index (χ1v) is 14.0. The van der Waals surface area contributed by atoms with Crippen LogP contribution >= 0.6 is 11.6 Å². The first kappa shape index (κ1) is 28.1. The normalized spacial score (nSPS) is 11.5. The number of para-hydroxylation sites is 1. The third-order valence-electron chi connectivity index (χ3n) is 6.79. The van der Waals surface area contributed by atoms with Crippen LogP contribution in [0.4, 0.5) is 0 Å². The van der Waals surface area contributed by atoms with E-state index in [0.717, 1.165) is 39.3 Å². The minimum absolute atomic E-state index is 0.223. The molecular formula is C34H32ClN3O3. The maximum atomic E-state index is 13.7. The molecule has 0 radical (unpaired) electrons. The maximum Gasteiger partial charge on any atom is 0.282 e. The van der Waals surface area contributed by atoms with Crippen LogP contribution in [0.25, 0.3) is 22.3 Å². The third-order valence-corrected chi connectivity index (χ3v) is 7.05. The minimum atomic E-state index is -0.232. The molecule has 41 heavy (non-hydrogen) atoms. The highest BCUT2D eigenvalue weighted by molar-refractivity contribution is 6.30. The van der Waals surface area contributed by atoms with Crippen molar-refractivity contribution in [3.63, 3.8) is 0 Å². The van der Waals surface area contributed by atoms with Gasteiger partial charge in [0.2, 0.25) is 0 Å². The van der Waals surface area contributed by atoms with Gasteiger partial charge < -0.3 is 9.47 Å². The van der Waals surface area contributed by atoms with E-state index >= 15 is 0 Å². The van der Waals surface area contributed by atoms with Gasteiger partial charge >= 0.3 is 0 Å². The quantitative estimate of drug-likeness (QED) is 0.170. The minimum Gasteiger partial charge on any atom is -0.494 e. The monoisotopic (exact) mass is 565 g/mol. The van der Waals surface area contributed by atoms with Crippen molar-refractivity contribution < 1.29 is 9.47 Å². The second-order valence-electron chi connectivity index (χ2n) is 10.1. The molecule has 0 aliphatic heterocycles. The summed E-state index contributed by atoms with van der Waals surface area (Å²) in [5.41, 5.74) is 5.08. The van der Waals surface area contributed by atoms with Crippen molar-refractivity contribution >= 4 is 28.7 Å². The maximum absolute atomic E-state index is 13.7. The van der Waals surface area contributed by atoms with Crippen LogP contribution in [0.15, 0.2) is 94.8 Å². The van der Waals surface area contributed by atoms with Crippen LogP contribution in [-0.2, 0) is 6.61 Å². The number of hydrogen-bond acceptors (Lipinski definition) is 5. The van der Waals surface area contributed by atoms with Crippen LogP contribution in [0, 0.1) is 6.92 Å². The summed E-state index contributed by atoms with van der Waals surface area (Å²) >= 11 is 5.96. The van der Waals surface area contributed by atoms with Crippen LogP contribution in [0.1, 0.15) is 48.9 Å². The Balaban J connectivity index is 1.51. The van der Waals surface area contributed by atoms with Gasteiger partial charge in [-0.25, -0.2) is 4.98 Å². The molecule has 5 aromatic rings. The average molecular weight is 566 g/mol. The van der Waals surface area contributed by atoms with Crippen molar-refractivity contribution in [2.75, 3.05) is 6.61 Å². The topological polar surface area (TPSA) is 65.7 Å². The summed E-state index contributed by atoms with van der Waals surface area (Å²) in [5.74, 6) is 2.28. The Morgan fingerprint density at radius 3 is 2.41 bits per heavy atom. The highest BCUT2D eigenvalue weighted by Crippen LogP contribution is 2.34. The second kappa shape index (κ2) is 12.4. The second-order valence-corrected chi connectivity index (χ2v) is 10.5. The molecular weight excluding hydrogens is 534 g/mol. The predicted octanol–water partition coefficient (Wildman–Crippen LogP) is 8.01. The highest BCUT2D eigenvalue weighted by atomic mass is 35.5. The Labute approximate surface area is 244 Å². The van der Waals surface area contributed by atoms with Gasteiger partial charge in [0, 0.05) is 10.6 Å². The zero-order valence-corrected chi connectivity index (χ0v) is 24.4. The Bertz CT molecular complexity index is 1760. The predicted molar refractivity (Wildman–Crippen MR) is 167 cm³/mol. The van der Waals surface area contributed by atoms with Gasteiger partial charge in [-0.05, 0) is 103 Å². The molecule has 0 N–H and O–H groups in total. The molecule has 0 aliphatic rings. The molecule has 4 aromatic carbocycles. The van der Waals surface area contributed by atoms with Crippen LogP contribution in [0.3, 0.4) is 0 Å². The van der Waals surface area contributed by atoms with Gasteiger partial charge in [-0.3, -0.25) is 4.79 Å². The molecule has 208 valence electrons. The number of ether oxygens (including phenoxy) is 2. The van der Waals surface area contributed by atoms with Crippen molar-refractivity contribution in [3.05, 3.63) is 123 Å². The molecule has 1 aromatic heterocycles. The average Bonchev–Trinajstić information content (AvgIpc) is 2.97. The molecule has 0 saturated heterocycles. The molecule has 0 unspecified atom stereocenters. The van der Waals surface area contributed by atoms with E-state index in [2.05, 4.69) is 25.0 Å². The van der Waals surface area contributed by atoms with Crippen molar-refractivity contribution in [1.29, 1.82) is 0 Å². The summed E-state index contributed by atoms with van der Waals surface area (Å²) in [7, 11) is 0. The molecule has 5 rings (SSSR count). The molecule has 6 nitrogen and oxygen atoms in total.